The van der Waals surface area contributed by atoms with E-state index in [1.807, 2.05) is 36.0 Å². The summed E-state index contributed by atoms with van der Waals surface area (Å²) in [4.78, 5) is 16.3. The number of hydrogen-bond acceptors (Lipinski definition) is 6. The highest BCUT2D eigenvalue weighted by Gasteiger charge is 2.41. The maximum Gasteiger partial charge on any atom is 0.155 e. The Morgan fingerprint density at radius 2 is 1.87 bits per heavy atom. The van der Waals surface area contributed by atoms with Crippen LogP contribution in [0.4, 0.5) is 11.6 Å². The highest BCUT2D eigenvalue weighted by molar-refractivity contribution is 5.75. The molecular formula is C24H25N7. The molecule has 0 atom stereocenters. The predicted molar refractivity (Wildman–Crippen MR) is 121 cm³/mol. The van der Waals surface area contributed by atoms with Crippen molar-refractivity contribution in [3.63, 3.8) is 0 Å². The second-order valence-electron chi connectivity index (χ2n) is 8.92. The molecule has 1 fully saturated rings. The molecule has 4 aromatic heterocycles. The van der Waals surface area contributed by atoms with Gasteiger partial charge in [0.05, 0.1) is 17.6 Å². The van der Waals surface area contributed by atoms with Crippen molar-refractivity contribution in [2.45, 2.75) is 32.6 Å². The molecule has 0 saturated carbocycles. The van der Waals surface area contributed by atoms with Crippen LogP contribution in [-0.2, 0) is 12.8 Å². The predicted octanol–water partition coefficient (Wildman–Crippen LogP) is 3.46. The van der Waals surface area contributed by atoms with Crippen molar-refractivity contribution in [1.29, 1.82) is 0 Å². The van der Waals surface area contributed by atoms with Crippen molar-refractivity contribution in [2.24, 2.45) is 5.41 Å². The maximum absolute atomic E-state index is 5.77. The van der Waals surface area contributed by atoms with Gasteiger partial charge in [-0.2, -0.15) is 5.10 Å². The number of anilines is 2. The largest absolute Gasteiger partial charge is 0.384 e. The van der Waals surface area contributed by atoms with Crippen LogP contribution in [0.2, 0.25) is 0 Å². The SMILES string of the molecule is Cc1nc(N2CCC3(CC2)Cc2cccnc2C3)c2ccnn2c1-c1ccc(N)nc1. The van der Waals surface area contributed by atoms with Gasteiger partial charge in [-0.15, -0.1) is 0 Å². The molecular weight excluding hydrogens is 386 g/mol. The number of piperidine rings is 1. The maximum atomic E-state index is 5.77. The summed E-state index contributed by atoms with van der Waals surface area (Å²) in [6.07, 6.45) is 10.1. The topological polar surface area (TPSA) is 85.2 Å². The van der Waals surface area contributed by atoms with Crippen molar-refractivity contribution >= 4 is 17.2 Å². The fraction of sp³-hybridized carbons (Fsp3) is 0.333. The molecule has 2 N–H and O–H groups in total. The summed E-state index contributed by atoms with van der Waals surface area (Å²) in [5, 5.41) is 4.61. The fourth-order valence-corrected chi connectivity index (χ4v) is 5.34. The number of nitrogens with zero attached hydrogens (tertiary/aromatic N) is 6. The average molecular weight is 412 g/mol. The first kappa shape index (κ1) is 18.3. The molecule has 4 aromatic rings. The van der Waals surface area contributed by atoms with E-state index in [2.05, 4.69) is 38.2 Å². The zero-order valence-electron chi connectivity index (χ0n) is 17.6. The van der Waals surface area contributed by atoms with E-state index >= 15 is 0 Å². The van der Waals surface area contributed by atoms with Crippen molar-refractivity contribution in [1.82, 2.24) is 24.6 Å². The van der Waals surface area contributed by atoms with Crippen LogP contribution in [0, 0.1) is 12.3 Å². The Hall–Kier alpha value is -3.48. The first-order chi connectivity index (χ1) is 15.1. The van der Waals surface area contributed by atoms with E-state index in [1.165, 1.54) is 11.3 Å². The standard InChI is InChI=1S/C24H25N7/c1-16-22(18-4-5-21(25)27-15-18)31-20(6-10-28-31)23(29-16)30-11-7-24(8-12-30)13-17-3-2-9-26-19(17)14-24/h2-6,9-10,15H,7-8,11-14H2,1H3,(H2,25,27). The number of hydrogen-bond donors (Lipinski definition) is 1. The molecule has 0 bridgehead atoms. The summed E-state index contributed by atoms with van der Waals surface area (Å²) in [5.41, 5.74) is 12.8. The van der Waals surface area contributed by atoms with Crippen LogP contribution < -0.4 is 10.6 Å². The van der Waals surface area contributed by atoms with Crippen LogP contribution in [0.25, 0.3) is 16.8 Å². The molecule has 1 aliphatic heterocycles. The lowest BCUT2D eigenvalue weighted by Crippen LogP contribution is -2.41. The number of rotatable bonds is 2. The van der Waals surface area contributed by atoms with Crippen LogP contribution in [0.15, 0.2) is 48.9 Å². The third kappa shape index (κ3) is 2.95. The molecule has 7 heteroatoms. The Morgan fingerprint density at radius 3 is 2.65 bits per heavy atom. The van der Waals surface area contributed by atoms with Gasteiger partial charge in [0, 0.05) is 36.7 Å². The van der Waals surface area contributed by atoms with Gasteiger partial charge < -0.3 is 10.6 Å². The third-order valence-corrected chi connectivity index (χ3v) is 6.98. The number of nitrogens with two attached hydrogens (primary N) is 1. The molecule has 2 aliphatic rings. The van der Waals surface area contributed by atoms with E-state index in [4.69, 9.17) is 10.7 Å². The molecule has 7 nitrogen and oxygen atoms in total. The van der Waals surface area contributed by atoms with Crippen LogP contribution in [0.1, 0.15) is 29.8 Å². The number of fused-ring (bicyclic) bond motifs is 2. The van der Waals surface area contributed by atoms with Gasteiger partial charge in [-0.05, 0) is 67.9 Å². The lowest BCUT2D eigenvalue weighted by molar-refractivity contribution is 0.231. The van der Waals surface area contributed by atoms with Gasteiger partial charge in [0.25, 0.3) is 0 Å². The van der Waals surface area contributed by atoms with Gasteiger partial charge in [-0.25, -0.2) is 14.5 Å². The summed E-state index contributed by atoms with van der Waals surface area (Å²) < 4.78 is 1.99. The van der Waals surface area contributed by atoms with Crippen molar-refractivity contribution < 1.29 is 0 Å². The smallest absolute Gasteiger partial charge is 0.155 e. The fourth-order valence-electron chi connectivity index (χ4n) is 5.34. The molecule has 156 valence electrons. The molecule has 1 saturated heterocycles. The quantitative estimate of drug-likeness (QED) is 0.544. The minimum absolute atomic E-state index is 0.355. The second kappa shape index (κ2) is 6.77. The first-order valence-corrected chi connectivity index (χ1v) is 10.9. The Bertz CT molecular complexity index is 1240. The van der Waals surface area contributed by atoms with Gasteiger partial charge in [-0.3, -0.25) is 4.98 Å². The summed E-state index contributed by atoms with van der Waals surface area (Å²) in [5.74, 6) is 1.53. The normalized spacial score (nSPS) is 17.4. The molecule has 5 heterocycles. The first-order valence-electron chi connectivity index (χ1n) is 10.9. The Labute approximate surface area is 181 Å². The number of aryl methyl sites for hydroxylation is 1. The molecule has 0 amide bonds. The molecule has 1 spiro atoms. The van der Waals surface area contributed by atoms with Gasteiger partial charge in [0.15, 0.2) is 5.82 Å². The van der Waals surface area contributed by atoms with Crippen LogP contribution in [0.5, 0.6) is 0 Å². The van der Waals surface area contributed by atoms with Crippen molar-refractivity contribution in [2.75, 3.05) is 23.7 Å². The molecule has 31 heavy (non-hydrogen) atoms. The highest BCUT2D eigenvalue weighted by Crippen LogP contribution is 2.44. The van der Waals surface area contributed by atoms with E-state index in [0.717, 1.165) is 67.1 Å². The minimum Gasteiger partial charge on any atom is -0.384 e. The van der Waals surface area contributed by atoms with E-state index in [9.17, 15) is 0 Å². The van der Waals surface area contributed by atoms with E-state index in [1.54, 1.807) is 6.20 Å². The number of aromatic nitrogens is 5. The van der Waals surface area contributed by atoms with E-state index in [0.29, 0.717) is 11.2 Å². The zero-order chi connectivity index (χ0) is 21.0. The Balaban J connectivity index is 1.31. The van der Waals surface area contributed by atoms with E-state index in [-0.39, 0.29) is 0 Å². The van der Waals surface area contributed by atoms with Crippen LogP contribution >= 0.6 is 0 Å². The van der Waals surface area contributed by atoms with Gasteiger partial charge in [-0.1, -0.05) is 6.07 Å². The monoisotopic (exact) mass is 411 g/mol. The molecule has 0 unspecified atom stereocenters. The molecule has 6 rings (SSSR count). The van der Waals surface area contributed by atoms with Crippen molar-refractivity contribution in [3.05, 3.63) is 65.9 Å². The average Bonchev–Trinajstić information content (AvgIpc) is 3.39. The minimum atomic E-state index is 0.355. The Kier molecular flexibility index (Phi) is 4.00. The lowest BCUT2D eigenvalue weighted by Gasteiger charge is -2.40. The Morgan fingerprint density at radius 1 is 1.00 bits per heavy atom. The van der Waals surface area contributed by atoms with Crippen LogP contribution in [-0.4, -0.2) is 37.7 Å². The zero-order valence-corrected chi connectivity index (χ0v) is 17.6. The van der Waals surface area contributed by atoms with Gasteiger partial charge in [0.2, 0.25) is 0 Å². The van der Waals surface area contributed by atoms with Gasteiger partial charge >= 0.3 is 0 Å². The molecule has 0 aromatic carbocycles. The van der Waals surface area contributed by atoms with E-state index < -0.39 is 0 Å². The summed E-state index contributed by atoms with van der Waals surface area (Å²) >= 11 is 0. The summed E-state index contributed by atoms with van der Waals surface area (Å²) in [6, 6.07) is 10.2. The molecule has 1 aliphatic carbocycles. The lowest BCUT2D eigenvalue weighted by atomic mass is 9.76. The number of nitrogen functional groups attached to an aromatic ring is 1. The molecule has 0 radical (unpaired) electrons. The van der Waals surface area contributed by atoms with Gasteiger partial charge in [0.1, 0.15) is 11.3 Å². The van der Waals surface area contributed by atoms with Crippen molar-refractivity contribution in [3.8, 4) is 11.3 Å². The third-order valence-electron chi connectivity index (χ3n) is 6.98. The number of pyridine rings is 2. The summed E-state index contributed by atoms with van der Waals surface area (Å²) in [6.45, 7) is 4.05. The summed E-state index contributed by atoms with van der Waals surface area (Å²) in [7, 11) is 0. The highest BCUT2D eigenvalue weighted by atomic mass is 15.3. The second-order valence-corrected chi connectivity index (χ2v) is 8.92. The van der Waals surface area contributed by atoms with Crippen LogP contribution in [0.3, 0.4) is 0 Å².